The molecule has 1 aromatic heterocycles. The Morgan fingerprint density at radius 3 is 3.13 bits per heavy atom. The Kier molecular flexibility index (Phi) is 2.21. The number of hydrogen-bond acceptors (Lipinski definition) is 4. The number of aromatic nitrogens is 3. The van der Waals surface area contributed by atoms with Crippen molar-refractivity contribution in [3.8, 4) is 0 Å². The summed E-state index contributed by atoms with van der Waals surface area (Å²) in [5.41, 5.74) is 5.91. The van der Waals surface area contributed by atoms with Crippen LogP contribution in [0.25, 0.3) is 0 Å². The monoisotopic (exact) mass is 207 g/mol. The van der Waals surface area contributed by atoms with Crippen LogP contribution < -0.4 is 11.1 Å². The molecule has 0 saturated carbocycles. The van der Waals surface area contributed by atoms with E-state index in [0.717, 1.165) is 44.0 Å². The van der Waals surface area contributed by atoms with Crippen LogP contribution in [0, 0.1) is 0 Å². The van der Waals surface area contributed by atoms with Crippen molar-refractivity contribution in [1.29, 1.82) is 0 Å². The molecule has 3 N–H and O–H groups in total. The Labute approximate surface area is 89.1 Å². The van der Waals surface area contributed by atoms with E-state index >= 15 is 0 Å². The zero-order valence-electron chi connectivity index (χ0n) is 8.82. The molecule has 2 aliphatic heterocycles. The lowest BCUT2D eigenvalue weighted by Gasteiger charge is -2.17. The Hall–Kier alpha value is -0.940. The summed E-state index contributed by atoms with van der Waals surface area (Å²) in [6, 6.07) is 0.628. The van der Waals surface area contributed by atoms with E-state index < -0.39 is 0 Å². The van der Waals surface area contributed by atoms with Crippen molar-refractivity contribution in [3.05, 3.63) is 11.6 Å². The predicted molar refractivity (Wildman–Crippen MR) is 56.3 cm³/mol. The van der Waals surface area contributed by atoms with Gasteiger partial charge in [0.1, 0.15) is 5.82 Å². The van der Waals surface area contributed by atoms with E-state index in [-0.39, 0.29) is 6.04 Å². The number of nitrogens with zero attached hydrogens (tertiary/aromatic N) is 3. The number of hydrogen-bond donors (Lipinski definition) is 2. The Balaban J connectivity index is 1.85. The fourth-order valence-corrected chi connectivity index (χ4v) is 2.41. The minimum absolute atomic E-state index is 0.253. The maximum atomic E-state index is 5.91. The number of nitrogens with two attached hydrogens (primary N) is 1. The van der Waals surface area contributed by atoms with E-state index in [1.165, 1.54) is 6.42 Å². The molecule has 5 nitrogen and oxygen atoms in total. The third kappa shape index (κ3) is 1.66. The molecule has 0 spiro atoms. The first kappa shape index (κ1) is 9.30. The zero-order valence-corrected chi connectivity index (χ0v) is 8.82. The van der Waals surface area contributed by atoms with Gasteiger partial charge in [0.2, 0.25) is 0 Å². The molecule has 5 heteroatoms. The molecule has 0 aromatic carbocycles. The van der Waals surface area contributed by atoms with Crippen LogP contribution in [0.2, 0.25) is 0 Å². The van der Waals surface area contributed by atoms with E-state index in [1.54, 1.807) is 0 Å². The molecule has 2 atom stereocenters. The van der Waals surface area contributed by atoms with Crippen LogP contribution >= 0.6 is 0 Å². The summed E-state index contributed by atoms with van der Waals surface area (Å²) in [7, 11) is 0. The van der Waals surface area contributed by atoms with Crippen molar-refractivity contribution in [3.63, 3.8) is 0 Å². The summed E-state index contributed by atoms with van der Waals surface area (Å²) >= 11 is 0. The molecule has 1 aromatic rings. The molecule has 0 aliphatic carbocycles. The van der Waals surface area contributed by atoms with E-state index in [0.29, 0.717) is 6.04 Å². The molecule has 0 bridgehead atoms. The standard InChI is InChI=1S/C10H17N5/c11-7-3-4-9-13-10(14-15(9)6-7)8-2-1-5-12-8/h7-8,12H,1-6,11H2. The van der Waals surface area contributed by atoms with Crippen LogP contribution in [0.15, 0.2) is 0 Å². The Bertz CT molecular complexity index is 353. The van der Waals surface area contributed by atoms with Crippen molar-refractivity contribution in [1.82, 2.24) is 20.1 Å². The van der Waals surface area contributed by atoms with Gasteiger partial charge in [-0.1, -0.05) is 0 Å². The number of fused-ring (bicyclic) bond motifs is 1. The second kappa shape index (κ2) is 3.57. The molecule has 3 heterocycles. The van der Waals surface area contributed by atoms with E-state index in [9.17, 15) is 0 Å². The smallest absolute Gasteiger partial charge is 0.167 e. The van der Waals surface area contributed by atoms with Gasteiger partial charge < -0.3 is 11.1 Å². The molecule has 82 valence electrons. The van der Waals surface area contributed by atoms with Crippen molar-refractivity contribution in [2.45, 2.75) is 44.3 Å². The summed E-state index contributed by atoms with van der Waals surface area (Å²) in [6.45, 7) is 1.92. The summed E-state index contributed by atoms with van der Waals surface area (Å²) < 4.78 is 1.99. The SMILES string of the molecule is NC1CCc2nc(C3CCCN3)nn2C1. The van der Waals surface area contributed by atoms with Crippen LogP contribution in [-0.2, 0) is 13.0 Å². The lowest BCUT2D eigenvalue weighted by molar-refractivity contribution is 0.419. The predicted octanol–water partition coefficient (Wildman–Crippen LogP) is -0.0239. The highest BCUT2D eigenvalue weighted by Crippen LogP contribution is 2.21. The van der Waals surface area contributed by atoms with Crippen molar-refractivity contribution in [2.75, 3.05) is 6.54 Å². The average molecular weight is 207 g/mol. The van der Waals surface area contributed by atoms with Crippen LogP contribution in [0.4, 0.5) is 0 Å². The number of aryl methyl sites for hydroxylation is 1. The van der Waals surface area contributed by atoms with Gasteiger partial charge >= 0.3 is 0 Å². The maximum Gasteiger partial charge on any atom is 0.167 e. The molecule has 1 fully saturated rings. The van der Waals surface area contributed by atoms with Crippen LogP contribution in [0.3, 0.4) is 0 Å². The lowest BCUT2D eigenvalue weighted by Crippen LogP contribution is -2.32. The van der Waals surface area contributed by atoms with Gasteiger partial charge in [-0.05, 0) is 25.8 Å². The van der Waals surface area contributed by atoms with Crippen molar-refractivity contribution in [2.24, 2.45) is 5.73 Å². The molecule has 0 amide bonds. The molecule has 0 radical (unpaired) electrons. The summed E-state index contributed by atoms with van der Waals surface area (Å²) in [5, 5.41) is 7.97. The Morgan fingerprint density at radius 2 is 2.33 bits per heavy atom. The maximum absolute atomic E-state index is 5.91. The topological polar surface area (TPSA) is 68.8 Å². The quantitative estimate of drug-likeness (QED) is 0.679. The molecular formula is C10H17N5. The second-order valence-corrected chi connectivity index (χ2v) is 4.52. The highest BCUT2D eigenvalue weighted by Gasteiger charge is 2.24. The van der Waals surface area contributed by atoms with Gasteiger partial charge in [0.25, 0.3) is 0 Å². The first-order chi connectivity index (χ1) is 7.33. The molecular weight excluding hydrogens is 190 g/mol. The van der Waals surface area contributed by atoms with Crippen LogP contribution in [0.5, 0.6) is 0 Å². The Morgan fingerprint density at radius 1 is 1.40 bits per heavy atom. The summed E-state index contributed by atoms with van der Waals surface area (Å²) in [6.07, 6.45) is 4.40. The second-order valence-electron chi connectivity index (χ2n) is 4.52. The molecule has 3 rings (SSSR count). The highest BCUT2D eigenvalue weighted by atomic mass is 15.4. The molecule has 1 saturated heterocycles. The number of nitrogens with one attached hydrogen (secondary N) is 1. The third-order valence-electron chi connectivity index (χ3n) is 3.28. The fourth-order valence-electron chi connectivity index (χ4n) is 2.41. The van der Waals surface area contributed by atoms with Crippen molar-refractivity contribution < 1.29 is 0 Å². The zero-order chi connectivity index (χ0) is 10.3. The summed E-state index contributed by atoms with van der Waals surface area (Å²) in [5.74, 6) is 2.08. The molecule has 2 unspecified atom stereocenters. The van der Waals surface area contributed by atoms with Gasteiger partial charge in [-0.15, -0.1) is 0 Å². The fraction of sp³-hybridized carbons (Fsp3) is 0.800. The van der Waals surface area contributed by atoms with Crippen molar-refractivity contribution >= 4 is 0 Å². The van der Waals surface area contributed by atoms with Crippen LogP contribution in [0.1, 0.15) is 37.0 Å². The van der Waals surface area contributed by atoms with E-state index in [1.807, 2.05) is 4.68 Å². The number of rotatable bonds is 1. The highest BCUT2D eigenvalue weighted by molar-refractivity contribution is 5.03. The van der Waals surface area contributed by atoms with E-state index in [2.05, 4.69) is 15.4 Å². The van der Waals surface area contributed by atoms with Gasteiger partial charge in [-0.25, -0.2) is 9.67 Å². The average Bonchev–Trinajstić information content (AvgIpc) is 2.84. The van der Waals surface area contributed by atoms with Gasteiger partial charge in [0.05, 0.1) is 12.6 Å². The minimum atomic E-state index is 0.253. The normalized spacial score (nSPS) is 30.5. The lowest BCUT2D eigenvalue weighted by atomic mass is 10.1. The largest absolute Gasteiger partial charge is 0.326 e. The minimum Gasteiger partial charge on any atom is -0.326 e. The van der Waals surface area contributed by atoms with Gasteiger partial charge in [0, 0.05) is 12.5 Å². The molecule has 2 aliphatic rings. The van der Waals surface area contributed by atoms with Crippen LogP contribution in [-0.4, -0.2) is 27.4 Å². The first-order valence-corrected chi connectivity index (χ1v) is 5.75. The van der Waals surface area contributed by atoms with Gasteiger partial charge in [-0.2, -0.15) is 5.10 Å². The molecule has 15 heavy (non-hydrogen) atoms. The van der Waals surface area contributed by atoms with Gasteiger partial charge in [-0.3, -0.25) is 0 Å². The summed E-state index contributed by atoms with van der Waals surface area (Å²) in [4.78, 5) is 4.60. The first-order valence-electron chi connectivity index (χ1n) is 5.75. The van der Waals surface area contributed by atoms with Gasteiger partial charge in [0.15, 0.2) is 5.82 Å². The van der Waals surface area contributed by atoms with E-state index in [4.69, 9.17) is 5.73 Å². The third-order valence-corrected chi connectivity index (χ3v) is 3.28.